The predicted molar refractivity (Wildman–Crippen MR) is 76.5 cm³/mol. The zero-order valence-corrected chi connectivity index (χ0v) is 11.4. The molecule has 100 valence electrons. The number of nitrogens with zero attached hydrogens (tertiary/aromatic N) is 2. The maximum Gasteiger partial charge on any atom is 0.123 e. The molecular formula is C14H24N4. The molecular weight excluding hydrogens is 224 g/mol. The van der Waals surface area contributed by atoms with E-state index in [2.05, 4.69) is 29.8 Å². The van der Waals surface area contributed by atoms with Gasteiger partial charge in [-0.3, -0.25) is 0 Å². The van der Waals surface area contributed by atoms with Gasteiger partial charge in [0.2, 0.25) is 0 Å². The number of hydrogen-bond donors (Lipinski definition) is 2. The minimum absolute atomic E-state index is 0.176. The van der Waals surface area contributed by atoms with Crippen molar-refractivity contribution in [2.24, 2.45) is 5.73 Å². The third kappa shape index (κ3) is 2.29. The number of nitrogen functional groups attached to an aromatic ring is 1. The molecule has 0 spiro atoms. The lowest BCUT2D eigenvalue weighted by molar-refractivity contribution is 0.264. The average molecular weight is 248 g/mol. The first-order valence-electron chi connectivity index (χ1n) is 6.86. The van der Waals surface area contributed by atoms with E-state index in [1.807, 2.05) is 12.3 Å². The molecule has 1 aromatic rings. The number of aromatic nitrogens is 1. The number of hydrogen-bond acceptors (Lipinski definition) is 4. The molecule has 0 aromatic carbocycles. The van der Waals surface area contributed by atoms with Crippen molar-refractivity contribution in [3.63, 3.8) is 0 Å². The molecule has 2 heterocycles. The number of pyridine rings is 1. The third-order valence-corrected chi connectivity index (χ3v) is 4.34. The highest BCUT2D eigenvalue weighted by molar-refractivity contribution is 5.51. The van der Waals surface area contributed by atoms with Crippen LogP contribution in [0.4, 0.5) is 11.5 Å². The Morgan fingerprint density at radius 3 is 2.67 bits per heavy atom. The molecule has 0 radical (unpaired) electrons. The highest BCUT2D eigenvalue weighted by Crippen LogP contribution is 2.37. The summed E-state index contributed by atoms with van der Waals surface area (Å²) in [5.74, 6) is 0.575. The van der Waals surface area contributed by atoms with Gasteiger partial charge >= 0.3 is 0 Å². The number of piperidine rings is 1. The van der Waals surface area contributed by atoms with Crippen molar-refractivity contribution in [2.45, 2.75) is 51.1 Å². The average Bonchev–Trinajstić information content (AvgIpc) is 2.39. The molecule has 1 aliphatic heterocycles. The largest absolute Gasteiger partial charge is 0.384 e. The van der Waals surface area contributed by atoms with Gasteiger partial charge in [-0.05, 0) is 37.8 Å². The smallest absolute Gasteiger partial charge is 0.123 e. The van der Waals surface area contributed by atoms with Crippen LogP contribution in [0.5, 0.6) is 0 Å². The van der Waals surface area contributed by atoms with Crippen LogP contribution in [0.3, 0.4) is 0 Å². The Bertz CT molecular complexity index is 383. The summed E-state index contributed by atoms with van der Waals surface area (Å²) in [5, 5.41) is 0. The predicted octanol–water partition coefficient (Wildman–Crippen LogP) is 2.15. The molecule has 1 aliphatic rings. The summed E-state index contributed by atoms with van der Waals surface area (Å²) < 4.78 is 0. The molecule has 4 nitrogen and oxygen atoms in total. The maximum absolute atomic E-state index is 6.16. The first kappa shape index (κ1) is 13.1. The van der Waals surface area contributed by atoms with Crippen LogP contribution in [0, 0.1) is 0 Å². The van der Waals surface area contributed by atoms with Crippen molar-refractivity contribution in [3.05, 3.63) is 18.3 Å². The van der Waals surface area contributed by atoms with Crippen molar-refractivity contribution >= 4 is 11.5 Å². The van der Waals surface area contributed by atoms with E-state index in [0.29, 0.717) is 11.9 Å². The van der Waals surface area contributed by atoms with Gasteiger partial charge in [0.05, 0.1) is 11.9 Å². The van der Waals surface area contributed by atoms with Gasteiger partial charge in [0.25, 0.3) is 0 Å². The summed E-state index contributed by atoms with van der Waals surface area (Å²) in [6, 6.07) is 4.27. The van der Waals surface area contributed by atoms with E-state index < -0.39 is 0 Å². The normalized spacial score (nSPS) is 23.1. The van der Waals surface area contributed by atoms with Gasteiger partial charge in [-0.2, -0.15) is 0 Å². The van der Waals surface area contributed by atoms with E-state index in [0.717, 1.165) is 32.2 Å². The minimum atomic E-state index is 0.176. The van der Waals surface area contributed by atoms with Crippen molar-refractivity contribution in [1.82, 2.24) is 4.98 Å². The fourth-order valence-electron chi connectivity index (χ4n) is 3.11. The quantitative estimate of drug-likeness (QED) is 0.860. The molecule has 0 bridgehead atoms. The Balaban J connectivity index is 2.31. The number of anilines is 2. The molecule has 0 aliphatic carbocycles. The van der Waals surface area contributed by atoms with E-state index >= 15 is 0 Å². The van der Waals surface area contributed by atoms with E-state index in [4.69, 9.17) is 11.5 Å². The molecule has 4 heteroatoms. The molecule has 4 N–H and O–H groups in total. The van der Waals surface area contributed by atoms with Crippen LogP contribution in [0.1, 0.15) is 39.5 Å². The molecule has 18 heavy (non-hydrogen) atoms. The van der Waals surface area contributed by atoms with Crippen LogP contribution in [0.15, 0.2) is 18.3 Å². The third-order valence-electron chi connectivity index (χ3n) is 4.34. The van der Waals surface area contributed by atoms with Gasteiger partial charge in [0.1, 0.15) is 5.82 Å². The fourth-order valence-corrected chi connectivity index (χ4v) is 3.11. The van der Waals surface area contributed by atoms with Gasteiger partial charge in [-0.15, -0.1) is 0 Å². The summed E-state index contributed by atoms with van der Waals surface area (Å²) in [4.78, 5) is 6.69. The van der Waals surface area contributed by atoms with Gasteiger partial charge < -0.3 is 16.4 Å². The summed E-state index contributed by atoms with van der Waals surface area (Å²) in [6.07, 6.45) is 6.21. The molecule has 1 aromatic heterocycles. The van der Waals surface area contributed by atoms with E-state index in [9.17, 15) is 0 Å². The summed E-state index contributed by atoms with van der Waals surface area (Å²) in [7, 11) is 0. The summed E-state index contributed by atoms with van der Waals surface area (Å²) in [6.45, 7) is 5.51. The van der Waals surface area contributed by atoms with Crippen molar-refractivity contribution in [2.75, 3.05) is 17.2 Å². The molecule has 0 saturated carbocycles. The highest BCUT2D eigenvalue weighted by atomic mass is 15.2. The second-order valence-corrected chi connectivity index (χ2v) is 5.28. The number of nitrogens with two attached hydrogens (primary N) is 2. The lowest BCUT2D eigenvalue weighted by atomic mass is 9.79. The van der Waals surface area contributed by atoms with Crippen LogP contribution in [0.2, 0.25) is 0 Å². The van der Waals surface area contributed by atoms with Gasteiger partial charge in [0, 0.05) is 18.1 Å². The number of rotatable bonds is 3. The zero-order chi connectivity index (χ0) is 13.2. The molecule has 1 saturated heterocycles. The minimum Gasteiger partial charge on any atom is -0.384 e. The Labute approximate surface area is 109 Å². The lowest BCUT2D eigenvalue weighted by Gasteiger charge is -2.50. The van der Waals surface area contributed by atoms with E-state index in [1.165, 1.54) is 5.69 Å². The van der Waals surface area contributed by atoms with Gasteiger partial charge in [0.15, 0.2) is 0 Å². The molecule has 1 atom stereocenters. The van der Waals surface area contributed by atoms with E-state index in [1.54, 1.807) is 0 Å². The second kappa shape index (κ2) is 5.14. The Kier molecular flexibility index (Phi) is 3.76. The highest BCUT2D eigenvalue weighted by Gasteiger charge is 2.38. The Morgan fingerprint density at radius 1 is 1.39 bits per heavy atom. The molecule has 1 fully saturated rings. The van der Waals surface area contributed by atoms with Crippen molar-refractivity contribution in [1.29, 1.82) is 0 Å². The first-order valence-corrected chi connectivity index (χ1v) is 6.86. The monoisotopic (exact) mass is 248 g/mol. The molecule has 1 unspecified atom stereocenters. The topological polar surface area (TPSA) is 68.2 Å². The van der Waals surface area contributed by atoms with Gasteiger partial charge in [-0.1, -0.05) is 13.8 Å². The molecule has 2 rings (SSSR count). The van der Waals surface area contributed by atoms with Crippen LogP contribution < -0.4 is 16.4 Å². The molecule has 0 amide bonds. The zero-order valence-electron chi connectivity index (χ0n) is 11.4. The maximum atomic E-state index is 6.16. The standard InChI is InChI=1S/C14H24N4/c1-3-14(4-2)9-11(15)7-8-18(14)12-5-6-13(16)17-10-12/h5-6,10-11H,3-4,7-9,15H2,1-2H3,(H2,16,17). The Morgan fingerprint density at radius 2 is 2.11 bits per heavy atom. The van der Waals surface area contributed by atoms with E-state index in [-0.39, 0.29) is 5.54 Å². The Hall–Kier alpha value is -1.29. The summed E-state index contributed by atoms with van der Waals surface area (Å²) in [5.41, 5.74) is 13.2. The fraction of sp³-hybridized carbons (Fsp3) is 0.643. The van der Waals surface area contributed by atoms with Gasteiger partial charge in [-0.25, -0.2) is 4.98 Å². The summed E-state index contributed by atoms with van der Waals surface area (Å²) >= 11 is 0. The van der Waals surface area contributed by atoms with Crippen LogP contribution in [-0.4, -0.2) is 23.1 Å². The second-order valence-electron chi connectivity index (χ2n) is 5.28. The SMILES string of the molecule is CCC1(CC)CC(N)CCN1c1ccc(N)nc1. The van der Waals surface area contributed by atoms with Crippen molar-refractivity contribution in [3.8, 4) is 0 Å². The first-order chi connectivity index (χ1) is 8.61. The van der Waals surface area contributed by atoms with Crippen LogP contribution >= 0.6 is 0 Å². The lowest BCUT2D eigenvalue weighted by Crippen LogP contribution is -2.56. The van der Waals surface area contributed by atoms with Crippen LogP contribution in [-0.2, 0) is 0 Å². The van der Waals surface area contributed by atoms with Crippen LogP contribution in [0.25, 0.3) is 0 Å². The van der Waals surface area contributed by atoms with Crippen molar-refractivity contribution < 1.29 is 0 Å².